The maximum Gasteiger partial charge on any atom is 0.270 e. The van der Waals surface area contributed by atoms with Crippen LogP contribution >= 0.6 is 0 Å². The van der Waals surface area contributed by atoms with Crippen LogP contribution in [0.5, 0.6) is 5.75 Å². The Kier molecular flexibility index (Phi) is 5.88. The van der Waals surface area contributed by atoms with Gasteiger partial charge < -0.3 is 14.5 Å². The Hall–Kier alpha value is -5.40. The van der Waals surface area contributed by atoms with E-state index in [4.69, 9.17) is 9.15 Å². The lowest BCUT2D eigenvalue weighted by molar-refractivity contribution is -0.384. The Balaban J connectivity index is 1.39. The lowest BCUT2D eigenvalue weighted by Gasteiger charge is -2.09. The highest BCUT2D eigenvalue weighted by Crippen LogP contribution is 2.34. The first-order chi connectivity index (χ1) is 17.5. The lowest BCUT2D eigenvalue weighted by atomic mass is 10.1. The van der Waals surface area contributed by atoms with Crippen LogP contribution in [0.2, 0.25) is 0 Å². The highest BCUT2D eigenvalue weighted by atomic mass is 19.1. The summed E-state index contributed by atoms with van der Waals surface area (Å²) in [6, 6.07) is 13.1. The van der Waals surface area contributed by atoms with E-state index in [0.29, 0.717) is 28.5 Å². The van der Waals surface area contributed by atoms with Crippen molar-refractivity contribution in [2.45, 2.75) is 0 Å². The van der Waals surface area contributed by atoms with Gasteiger partial charge in [0.25, 0.3) is 5.69 Å². The molecular formula is C22H15FN8O5. The monoisotopic (exact) mass is 490 g/mol. The maximum absolute atomic E-state index is 13.2. The van der Waals surface area contributed by atoms with Crippen molar-refractivity contribution in [1.29, 1.82) is 0 Å². The van der Waals surface area contributed by atoms with Gasteiger partial charge in [0.15, 0.2) is 11.6 Å². The van der Waals surface area contributed by atoms with Gasteiger partial charge in [0.05, 0.1) is 23.8 Å². The third-order valence-corrected chi connectivity index (χ3v) is 4.87. The summed E-state index contributed by atoms with van der Waals surface area (Å²) in [5, 5.41) is 25.6. The molecule has 0 aliphatic heterocycles. The third kappa shape index (κ3) is 4.63. The smallest absolute Gasteiger partial charge is 0.270 e. The number of methoxy groups -OCH3 is 1. The SMILES string of the molecule is COc1ccc([N+](=O)[O-])cc1-c1ccc(/C=N/Nc2nc3nonc3nc2Nc2ccc(F)cc2)o1. The van der Waals surface area contributed by atoms with Crippen LogP contribution in [0, 0.1) is 15.9 Å². The van der Waals surface area contributed by atoms with E-state index in [0.717, 1.165) is 0 Å². The zero-order chi connectivity index (χ0) is 25.1. The minimum Gasteiger partial charge on any atom is -0.496 e. The molecule has 13 nitrogen and oxygen atoms in total. The number of furan rings is 1. The first-order valence-corrected chi connectivity index (χ1v) is 10.2. The summed E-state index contributed by atoms with van der Waals surface area (Å²) >= 11 is 0. The Labute approximate surface area is 200 Å². The molecule has 0 amide bonds. The molecule has 0 aliphatic carbocycles. The summed E-state index contributed by atoms with van der Waals surface area (Å²) < 4.78 is 29.0. The van der Waals surface area contributed by atoms with E-state index in [1.54, 1.807) is 12.1 Å². The van der Waals surface area contributed by atoms with Crippen molar-refractivity contribution in [2.24, 2.45) is 5.10 Å². The summed E-state index contributed by atoms with van der Waals surface area (Å²) in [7, 11) is 1.46. The number of benzene rings is 2. The van der Waals surface area contributed by atoms with Gasteiger partial charge >= 0.3 is 0 Å². The summed E-state index contributed by atoms with van der Waals surface area (Å²) in [6.45, 7) is 0. The van der Waals surface area contributed by atoms with Gasteiger partial charge in [0.1, 0.15) is 23.1 Å². The number of anilines is 3. The molecule has 5 rings (SSSR count). The van der Waals surface area contributed by atoms with Gasteiger partial charge in [0.2, 0.25) is 11.3 Å². The van der Waals surface area contributed by atoms with Crippen LogP contribution < -0.4 is 15.5 Å². The van der Waals surface area contributed by atoms with E-state index in [9.17, 15) is 14.5 Å². The molecule has 0 bridgehead atoms. The molecular weight excluding hydrogens is 475 g/mol. The number of nitrogens with zero attached hydrogens (tertiary/aromatic N) is 6. The zero-order valence-corrected chi connectivity index (χ0v) is 18.4. The first kappa shape index (κ1) is 22.4. The second kappa shape index (κ2) is 9.46. The number of ether oxygens (including phenoxy) is 1. The van der Waals surface area contributed by atoms with Crippen molar-refractivity contribution in [3.63, 3.8) is 0 Å². The number of hydrazone groups is 1. The van der Waals surface area contributed by atoms with Crippen LogP contribution in [0.15, 0.2) is 68.7 Å². The number of fused-ring (bicyclic) bond motifs is 1. The number of hydrogen-bond donors (Lipinski definition) is 2. The maximum atomic E-state index is 13.2. The average Bonchev–Trinajstić information content (AvgIpc) is 3.54. The van der Waals surface area contributed by atoms with Gasteiger partial charge in [-0.15, -0.1) is 0 Å². The molecule has 2 N–H and O–H groups in total. The molecule has 0 fully saturated rings. The van der Waals surface area contributed by atoms with Crippen molar-refractivity contribution < 1.29 is 23.1 Å². The van der Waals surface area contributed by atoms with E-state index in [2.05, 4.69) is 40.8 Å². The number of aromatic nitrogens is 4. The number of non-ortho nitro benzene ring substituents is 1. The number of hydrogen-bond acceptors (Lipinski definition) is 12. The second-order valence-corrected chi connectivity index (χ2v) is 7.18. The normalized spacial score (nSPS) is 11.2. The fourth-order valence-corrected chi connectivity index (χ4v) is 3.20. The molecule has 180 valence electrons. The summed E-state index contributed by atoms with van der Waals surface area (Å²) in [6.07, 6.45) is 1.38. The second-order valence-electron chi connectivity index (χ2n) is 7.18. The molecule has 0 spiro atoms. The third-order valence-electron chi connectivity index (χ3n) is 4.87. The predicted molar refractivity (Wildman–Crippen MR) is 126 cm³/mol. The Morgan fingerprint density at radius 3 is 2.53 bits per heavy atom. The molecule has 0 saturated heterocycles. The molecule has 0 atom stereocenters. The summed E-state index contributed by atoms with van der Waals surface area (Å²) in [4.78, 5) is 19.2. The van der Waals surface area contributed by atoms with E-state index in [-0.39, 0.29) is 34.4 Å². The molecule has 5 aromatic rings. The Morgan fingerprint density at radius 2 is 1.81 bits per heavy atom. The molecule has 0 saturated carbocycles. The minimum absolute atomic E-state index is 0.100. The molecule has 0 unspecified atom stereocenters. The molecule has 3 aromatic heterocycles. The Bertz CT molecular complexity index is 1580. The fraction of sp³-hybridized carbons (Fsp3) is 0.0455. The van der Waals surface area contributed by atoms with Crippen molar-refractivity contribution in [1.82, 2.24) is 20.3 Å². The summed E-state index contributed by atoms with van der Waals surface area (Å²) in [5.74, 6) is 1.15. The van der Waals surface area contributed by atoms with Crippen LogP contribution in [0.25, 0.3) is 22.6 Å². The molecule has 2 aromatic carbocycles. The predicted octanol–water partition coefficient (Wildman–Crippen LogP) is 4.52. The van der Waals surface area contributed by atoms with Crippen LogP contribution in [0.1, 0.15) is 5.76 Å². The van der Waals surface area contributed by atoms with Crippen molar-refractivity contribution in [3.05, 3.63) is 76.3 Å². The van der Waals surface area contributed by atoms with E-state index >= 15 is 0 Å². The summed E-state index contributed by atoms with van der Waals surface area (Å²) in [5.41, 5.74) is 3.93. The van der Waals surface area contributed by atoms with Crippen molar-refractivity contribution >= 4 is 40.5 Å². The van der Waals surface area contributed by atoms with Gasteiger partial charge in [-0.3, -0.25) is 15.5 Å². The Morgan fingerprint density at radius 1 is 1.06 bits per heavy atom. The molecule has 36 heavy (non-hydrogen) atoms. The van der Waals surface area contributed by atoms with Gasteiger partial charge in [-0.2, -0.15) is 10.1 Å². The van der Waals surface area contributed by atoms with Crippen molar-refractivity contribution in [2.75, 3.05) is 17.9 Å². The molecule has 0 radical (unpaired) electrons. The van der Waals surface area contributed by atoms with Crippen LogP contribution in [0.3, 0.4) is 0 Å². The highest BCUT2D eigenvalue weighted by molar-refractivity contribution is 5.81. The van der Waals surface area contributed by atoms with Gasteiger partial charge in [-0.1, -0.05) is 0 Å². The topological polar surface area (TPSA) is 167 Å². The van der Waals surface area contributed by atoms with Crippen LogP contribution in [-0.4, -0.2) is 38.5 Å². The molecule has 3 heterocycles. The van der Waals surface area contributed by atoms with E-state index in [1.165, 1.54) is 55.8 Å². The highest BCUT2D eigenvalue weighted by Gasteiger charge is 2.16. The number of halogens is 1. The number of nitro benzene ring substituents is 1. The first-order valence-electron chi connectivity index (χ1n) is 10.2. The van der Waals surface area contributed by atoms with Gasteiger partial charge in [0, 0.05) is 17.8 Å². The zero-order valence-electron chi connectivity index (χ0n) is 18.4. The van der Waals surface area contributed by atoms with E-state index in [1.807, 2.05) is 0 Å². The van der Waals surface area contributed by atoms with Gasteiger partial charge in [-0.05, 0) is 52.8 Å². The average molecular weight is 490 g/mol. The lowest BCUT2D eigenvalue weighted by Crippen LogP contribution is -2.03. The minimum atomic E-state index is -0.502. The number of nitro groups is 1. The quantitative estimate of drug-likeness (QED) is 0.178. The van der Waals surface area contributed by atoms with Crippen molar-refractivity contribution in [3.8, 4) is 17.1 Å². The standard InChI is InChI=1S/C22H15FN8O5/c1-34-17-8-6-14(31(32)33)10-16(17)18-9-7-15(35-18)11-24-28-20-19(25-13-4-2-12(23)3-5-13)26-21-22(27-20)30-36-29-21/h2-11H,1H3,(H,25,26,29)(H,27,28,30)/b24-11+. The van der Waals surface area contributed by atoms with Crippen LogP contribution in [-0.2, 0) is 0 Å². The molecule has 0 aliphatic rings. The fourth-order valence-electron chi connectivity index (χ4n) is 3.20. The van der Waals surface area contributed by atoms with Crippen LogP contribution in [0.4, 0.5) is 27.4 Å². The molecule has 14 heteroatoms. The number of nitrogens with one attached hydrogen (secondary N) is 2. The van der Waals surface area contributed by atoms with Gasteiger partial charge in [-0.25, -0.2) is 14.0 Å². The number of rotatable bonds is 8. The van der Waals surface area contributed by atoms with E-state index < -0.39 is 4.92 Å². The largest absolute Gasteiger partial charge is 0.496 e.